The number of nitrogens with one attached hydrogen (secondary N) is 1. The summed E-state index contributed by atoms with van der Waals surface area (Å²) in [4.78, 5) is 12.7. The molecular formula is C19H19F3N2O5S. The average molecular weight is 444 g/mol. The summed E-state index contributed by atoms with van der Waals surface area (Å²) in [6.07, 6.45) is -3.27. The zero-order valence-electron chi connectivity index (χ0n) is 15.9. The molecule has 1 heterocycles. The molecule has 0 radical (unpaired) electrons. The summed E-state index contributed by atoms with van der Waals surface area (Å²) in [7, 11) is -2.40. The first-order chi connectivity index (χ1) is 14.1. The maximum Gasteiger partial charge on any atom is 0.573 e. The Morgan fingerprint density at radius 3 is 2.27 bits per heavy atom. The van der Waals surface area contributed by atoms with E-state index in [9.17, 15) is 26.4 Å². The summed E-state index contributed by atoms with van der Waals surface area (Å²) in [6.45, 7) is 0.838. The number of hydrogen-bond acceptors (Lipinski definition) is 5. The molecule has 0 unspecified atom stereocenters. The smallest absolute Gasteiger partial charge is 0.496 e. The number of rotatable bonds is 6. The summed E-state index contributed by atoms with van der Waals surface area (Å²) < 4.78 is 72.6. The lowest BCUT2D eigenvalue weighted by Gasteiger charge is -2.17. The third-order valence-electron chi connectivity index (χ3n) is 4.46. The maximum absolute atomic E-state index is 12.8. The third-order valence-corrected chi connectivity index (χ3v) is 6.36. The predicted molar refractivity (Wildman–Crippen MR) is 102 cm³/mol. The van der Waals surface area contributed by atoms with Gasteiger partial charge in [-0.05, 0) is 55.3 Å². The molecule has 1 saturated heterocycles. The lowest BCUT2D eigenvalue weighted by atomic mass is 10.2. The first kappa shape index (κ1) is 21.9. The molecule has 1 aliphatic rings. The van der Waals surface area contributed by atoms with Crippen molar-refractivity contribution in [1.82, 2.24) is 4.31 Å². The van der Waals surface area contributed by atoms with Crippen LogP contribution < -0.4 is 14.8 Å². The van der Waals surface area contributed by atoms with E-state index in [1.54, 1.807) is 0 Å². The highest BCUT2D eigenvalue weighted by molar-refractivity contribution is 7.89. The van der Waals surface area contributed by atoms with E-state index in [1.165, 1.54) is 41.7 Å². The van der Waals surface area contributed by atoms with Crippen molar-refractivity contribution in [2.75, 3.05) is 25.5 Å². The van der Waals surface area contributed by atoms with Crippen molar-refractivity contribution in [2.45, 2.75) is 24.1 Å². The summed E-state index contributed by atoms with van der Waals surface area (Å²) in [5, 5.41) is 2.51. The van der Waals surface area contributed by atoms with Gasteiger partial charge in [-0.15, -0.1) is 13.2 Å². The number of hydrogen-bond donors (Lipinski definition) is 1. The number of carbonyl (C=O) groups excluding carboxylic acids is 1. The van der Waals surface area contributed by atoms with Crippen molar-refractivity contribution in [3.8, 4) is 11.5 Å². The molecule has 0 saturated carbocycles. The van der Waals surface area contributed by atoms with E-state index in [2.05, 4.69) is 10.1 Å². The highest BCUT2D eigenvalue weighted by Crippen LogP contribution is 2.28. The monoisotopic (exact) mass is 444 g/mol. The predicted octanol–water partition coefficient (Wildman–Crippen LogP) is 3.63. The summed E-state index contributed by atoms with van der Waals surface area (Å²) in [5.74, 6) is -0.948. The molecule has 7 nitrogen and oxygen atoms in total. The SMILES string of the molecule is COc1ccc(S(=O)(=O)N2CCCC2)cc1C(=O)Nc1ccc(OC(F)(F)F)cc1. The van der Waals surface area contributed by atoms with E-state index >= 15 is 0 Å². The number of methoxy groups -OCH3 is 1. The number of carbonyl (C=O) groups is 1. The zero-order chi connectivity index (χ0) is 21.9. The van der Waals surface area contributed by atoms with Gasteiger partial charge in [-0.25, -0.2) is 8.42 Å². The average Bonchev–Trinajstić information content (AvgIpc) is 3.23. The Morgan fingerprint density at radius 1 is 1.07 bits per heavy atom. The fourth-order valence-corrected chi connectivity index (χ4v) is 4.58. The molecule has 30 heavy (non-hydrogen) atoms. The van der Waals surface area contributed by atoms with Crippen LogP contribution in [0.2, 0.25) is 0 Å². The normalized spacial score (nSPS) is 15.1. The van der Waals surface area contributed by atoms with Crippen LogP contribution in [0.25, 0.3) is 0 Å². The number of amides is 1. The molecule has 1 N–H and O–H groups in total. The summed E-state index contributed by atoms with van der Waals surface area (Å²) >= 11 is 0. The van der Waals surface area contributed by atoms with Gasteiger partial charge in [0, 0.05) is 18.8 Å². The summed E-state index contributed by atoms with van der Waals surface area (Å²) in [6, 6.07) is 8.54. The number of nitrogens with zero attached hydrogens (tertiary/aromatic N) is 1. The lowest BCUT2D eigenvalue weighted by Crippen LogP contribution is -2.28. The van der Waals surface area contributed by atoms with Crippen LogP contribution in [-0.2, 0) is 10.0 Å². The fraction of sp³-hybridized carbons (Fsp3) is 0.316. The number of halogens is 3. The maximum atomic E-state index is 12.8. The second kappa shape index (κ2) is 8.52. The van der Waals surface area contributed by atoms with Gasteiger partial charge in [-0.1, -0.05) is 0 Å². The quantitative estimate of drug-likeness (QED) is 0.736. The minimum absolute atomic E-state index is 0.0200. The van der Waals surface area contributed by atoms with Gasteiger partial charge in [0.1, 0.15) is 11.5 Å². The van der Waals surface area contributed by atoms with E-state index in [0.29, 0.717) is 13.1 Å². The van der Waals surface area contributed by atoms with E-state index in [4.69, 9.17) is 4.74 Å². The molecule has 0 bridgehead atoms. The van der Waals surface area contributed by atoms with Gasteiger partial charge in [0.15, 0.2) is 0 Å². The second-order valence-electron chi connectivity index (χ2n) is 6.50. The Labute approximate surface area is 171 Å². The van der Waals surface area contributed by atoms with Gasteiger partial charge in [-0.2, -0.15) is 4.31 Å². The highest BCUT2D eigenvalue weighted by atomic mass is 32.2. The molecule has 0 aliphatic carbocycles. The molecule has 11 heteroatoms. The van der Waals surface area contributed by atoms with E-state index in [0.717, 1.165) is 25.0 Å². The van der Waals surface area contributed by atoms with Crippen molar-refractivity contribution in [3.63, 3.8) is 0 Å². The minimum Gasteiger partial charge on any atom is -0.496 e. The number of alkyl halides is 3. The zero-order valence-corrected chi connectivity index (χ0v) is 16.7. The topological polar surface area (TPSA) is 84.9 Å². The van der Waals surface area contributed by atoms with Gasteiger partial charge in [0.25, 0.3) is 5.91 Å². The minimum atomic E-state index is -4.82. The van der Waals surface area contributed by atoms with Crippen molar-refractivity contribution in [3.05, 3.63) is 48.0 Å². The standard InChI is InChI=1S/C19H19F3N2O5S/c1-28-17-9-8-15(30(26,27)24-10-2-3-11-24)12-16(17)18(25)23-13-4-6-14(7-5-13)29-19(20,21)22/h4-9,12H,2-3,10-11H2,1H3,(H,23,25). The number of anilines is 1. The molecule has 1 fully saturated rings. The van der Waals surface area contributed by atoms with Gasteiger partial charge < -0.3 is 14.8 Å². The third kappa shape index (κ3) is 5.03. The Hall–Kier alpha value is -2.79. The molecular weight excluding hydrogens is 425 g/mol. The Morgan fingerprint density at radius 2 is 1.70 bits per heavy atom. The van der Waals surface area contributed by atoms with Crippen LogP contribution in [-0.4, -0.2) is 45.2 Å². The first-order valence-corrected chi connectivity index (χ1v) is 10.4. The fourth-order valence-electron chi connectivity index (χ4n) is 3.04. The van der Waals surface area contributed by atoms with Crippen LogP contribution >= 0.6 is 0 Å². The van der Waals surface area contributed by atoms with Gasteiger partial charge in [0.05, 0.1) is 17.6 Å². The van der Waals surface area contributed by atoms with Crippen molar-refractivity contribution in [2.24, 2.45) is 0 Å². The molecule has 2 aromatic carbocycles. The second-order valence-corrected chi connectivity index (χ2v) is 8.44. The van der Waals surface area contributed by atoms with Crippen LogP contribution in [0.1, 0.15) is 23.2 Å². The Bertz CT molecular complexity index is 1020. The van der Waals surface area contributed by atoms with Gasteiger partial charge >= 0.3 is 6.36 Å². The van der Waals surface area contributed by atoms with E-state index in [-0.39, 0.29) is 21.9 Å². The van der Waals surface area contributed by atoms with Crippen LogP contribution in [0.4, 0.5) is 18.9 Å². The van der Waals surface area contributed by atoms with Gasteiger partial charge in [0.2, 0.25) is 10.0 Å². The molecule has 0 aromatic heterocycles. The molecule has 2 aromatic rings. The molecule has 3 rings (SSSR count). The molecule has 1 amide bonds. The van der Waals surface area contributed by atoms with Crippen LogP contribution in [0.15, 0.2) is 47.4 Å². The number of ether oxygens (including phenoxy) is 2. The Kier molecular flexibility index (Phi) is 6.22. The Balaban J connectivity index is 1.82. The largest absolute Gasteiger partial charge is 0.573 e. The van der Waals surface area contributed by atoms with Crippen molar-refractivity contribution in [1.29, 1.82) is 0 Å². The van der Waals surface area contributed by atoms with Crippen molar-refractivity contribution < 1.29 is 35.9 Å². The summed E-state index contributed by atoms with van der Waals surface area (Å²) in [5.41, 5.74) is 0.178. The van der Waals surface area contributed by atoms with Crippen molar-refractivity contribution >= 4 is 21.6 Å². The molecule has 0 atom stereocenters. The highest BCUT2D eigenvalue weighted by Gasteiger charge is 2.31. The van der Waals surface area contributed by atoms with Crippen LogP contribution in [0, 0.1) is 0 Å². The van der Waals surface area contributed by atoms with E-state index < -0.39 is 28.0 Å². The lowest BCUT2D eigenvalue weighted by molar-refractivity contribution is -0.274. The molecule has 1 aliphatic heterocycles. The van der Waals surface area contributed by atoms with Gasteiger partial charge in [-0.3, -0.25) is 4.79 Å². The first-order valence-electron chi connectivity index (χ1n) is 8.95. The van der Waals surface area contributed by atoms with Crippen LogP contribution in [0.3, 0.4) is 0 Å². The van der Waals surface area contributed by atoms with E-state index in [1.807, 2.05) is 0 Å². The molecule has 162 valence electrons. The molecule has 0 spiro atoms. The van der Waals surface area contributed by atoms with Crippen LogP contribution in [0.5, 0.6) is 11.5 Å². The number of benzene rings is 2. The number of sulfonamides is 1.